The first-order chi connectivity index (χ1) is 7.15. The quantitative estimate of drug-likeness (QED) is 0.780. The Morgan fingerprint density at radius 1 is 1.47 bits per heavy atom. The van der Waals surface area contributed by atoms with Gasteiger partial charge in [-0.1, -0.05) is 44.6 Å². The summed E-state index contributed by atoms with van der Waals surface area (Å²) < 4.78 is 5.68. The molecule has 1 atom stereocenters. The topological polar surface area (TPSA) is 35.2 Å². The van der Waals surface area contributed by atoms with E-state index in [0.29, 0.717) is 17.5 Å². The van der Waals surface area contributed by atoms with E-state index < -0.39 is 0 Å². The third kappa shape index (κ3) is 3.51. The van der Waals surface area contributed by atoms with Crippen molar-refractivity contribution in [2.75, 3.05) is 6.61 Å². The fourth-order valence-corrected chi connectivity index (χ4v) is 1.31. The van der Waals surface area contributed by atoms with Crippen molar-refractivity contribution in [1.29, 1.82) is 0 Å². The summed E-state index contributed by atoms with van der Waals surface area (Å²) in [7, 11) is 0. The summed E-state index contributed by atoms with van der Waals surface area (Å²) in [5, 5.41) is 0. The van der Waals surface area contributed by atoms with Crippen LogP contribution in [-0.2, 0) is 0 Å². The van der Waals surface area contributed by atoms with Crippen LogP contribution in [0.25, 0.3) is 0 Å². The Hall–Kier alpha value is -1.09. The first kappa shape index (κ1) is 12.0. The number of hydrogen-bond donors (Lipinski definition) is 1. The van der Waals surface area contributed by atoms with Gasteiger partial charge in [0.2, 0.25) is 0 Å². The minimum Gasteiger partial charge on any atom is -0.493 e. The molecule has 0 fully saturated rings. The maximum atomic E-state index is 5.68. The van der Waals surface area contributed by atoms with Crippen molar-refractivity contribution >= 4 is 17.2 Å². The Morgan fingerprint density at radius 2 is 2.13 bits per heavy atom. The molecule has 0 bridgehead atoms. The van der Waals surface area contributed by atoms with E-state index in [0.717, 1.165) is 17.7 Å². The van der Waals surface area contributed by atoms with Gasteiger partial charge in [0.05, 0.1) is 12.2 Å². The van der Waals surface area contributed by atoms with E-state index in [4.69, 9.17) is 22.7 Å². The third-order valence-corrected chi connectivity index (χ3v) is 2.59. The molecule has 2 nitrogen and oxygen atoms in total. The Kier molecular flexibility index (Phi) is 4.56. The van der Waals surface area contributed by atoms with Crippen LogP contribution in [0.5, 0.6) is 5.75 Å². The largest absolute Gasteiger partial charge is 0.493 e. The predicted octanol–water partition coefficient (Wildman–Crippen LogP) is 2.75. The molecule has 1 unspecified atom stereocenters. The molecule has 0 aliphatic heterocycles. The highest BCUT2D eigenvalue weighted by atomic mass is 32.1. The van der Waals surface area contributed by atoms with E-state index in [-0.39, 0.29) is 0 Å². The van der Waals surface area contributed by atoms with Gasteiger partial charge in [0, 0.05) is 0 Å². The summed E-state index contributed by atoms with van der Waals surface area (Å²) in [4.78, 5) is 0.384. The number of ether oxygens (including phenoxy) is 1. The number of nitrogens with two attached hydrogens (primary N) is 1. The van der Waals surface area contributed by atoms with Crippen LogP contribution in [0.1, 0.15) is 25.8 Å². The minimum atomic E-state index is 0.384. The highest BCUT2D eigenvalue weighted by Crippen LogP contribution is 2.18. The van der Waals surface area contributed by atoms with Gasteiger partial charge in [0.15, 0.2) is 0 Å². The zero-order chi connectivity index (χ0) is 11.3. The van der Waals surface area contributed by atoms with Gasteiger partial charge in [0.25, 0.3) is 0 Å². The average molecular weight is 223 g/mol. The maximum Gasteiger partial charge on any atom is 0.129 e. The normalized spacial score (nSPS) is 12.1. The third-order valence-electron chi connectivity index (χ3n) is 2.37. The molecule has 0 radical (unpaired) electrons. The summed E-state index contributed by atoms with van der Waals surface area (Å²) in [5.41, 5.74) is 6.42. The monoisotopic (exact) mass is 223 g/mol. The van der Waals surface area contributed by atoms with Crippen LogP contribution in [0.2, 0.25) is 0 Å². The number of hydrogen-bond acceptors (Lipinski definition) is 2. The van der Waals surface area contributed by atoms with Crippen molar-refractivity contribution in [2.45, 2.75) is 20.3 Å². The fraction of sp³-hybridized carbons (Fsp3) is 0.417. The Morgan fingerprint density at radius 3 is 2.73 bits per heavy atom. The Bertz CT molecular complexity index is 338. The molecule has 1 aromatic carbocycles. The summed E-state index contributed by atoms with van der Waals surface area (Å²) in [6.45, 7) is 5.01. The van der Waals surface area contributed by atoms with E-state index in [1.54, 1.807) is 0 Å². The van der Waals surface area contributed by atoms with Gasteiger partial charge >= 0.3 is 0 Å². The van der Waals surface area contributed by atoms with Crippen LogP contribution >= 0.6 is 12.2 Å². The smallest absolute Gasteiger partial charge is 0.129 e. The SMILES string of the molecule is CCC(C)COc1ccccc1C(N)=S. The van der Waals surface area contributed by atoms with Gasteiger partial charge in [-0.3, -0.25) is 0 Å². The average Bonchev–Trinajstić information content (AvgIpc) is 2.26. The van der Waals surface area contributed by atoms with Crippen LogP contribution in [0.15, 0.2) is 24.3 Å². The number of para-hydroxylation sites is 1. The molecule has 0 saturated carbocycles. The maximum absolute atomic E-state index is 5.68. The molecule has 0 amide bonds. The zero-order valence-corrected chi connectivity index (χ0v) is 10.0. The number of benzene rings is 1. The predicted molar refractivity (Wildman–Crippen MR) is 67.3 cm³/mol. The molecular formula is C12H17NOS. The molecule has 0 saturated heterocycles. The number of rotatable bonds is 5. The van der Waals surface area contributed by atoms with Crippen LogP contribution in [0, 0.1) is 5.92 Å². The second-order valence-corrected chi connectivity index (χ2v) is 4.12. The molecule has 0 aliphatic carbocycles. The van der Waals surface area contributed by atoms with Crippen LogP contribution in [0.3, 0.4) is 0 Å². The second-order valence-electron chi connectivity index (χ2n) is 3.68. The van der Waals surface area contributed by atoms with Crippen LogP contribution in [-0.4, -0.2) is 11.6 Å². The first-order valence-corrected chi connectivity index (χ1v) is 5.57. The molecule has 15 heavy (non-hydrogen) atoms. The van der Waals surface area contributed by atoms with Crippen molar-refractivity contribution in [3.8, 4) is 5.75 Å². The summed E-state index contributed by atoms with van der Waals surface area (Å²) in [6, 6.07) is 7.61. The molecule has 3 heteroatoms. The molecule has 82 valence electrons. The Labute approximate surface area is 96.4 Å². The molecule has 0 aliphatic rings. The van der Waals surface area contributed by atoms with Gasteiger partial charge < -0.3 is 10.5 Å². The molecule has 1 aromatic rings. The van der Waals surface area contributed by atoms with E-state index >= 15 is 0 Å². The van der Waals surface area contributed by atoms with Crippen LogP contribution in [0.4, 0.5) is 0 Å². The van der Waals surface area contributed by atoms with Crippen molar-refractivity contribution < 1.29 is 4.74 Å². The lowest BCUT2D eigenvalue weighted by molar-refractivity contribution is 0.256. The molecular weight excluding hydrogens is 206 g/mol. The van der Waals surface area contributed by atoms with E-state index in [1.165, 1.54) is 0 Å². The summed E-state index contributed by atoms with van der Waals surface area (Å²) in [5.74, 6) is 1.33. The molecule has 0 aromatic heterocycles. The lowest BCUT2D eigenvalue weighted by atomic mass is 10.1. The summed E-state index contributed by atoms with van der Waals surface area (Å²) >= 11 is 4.96. The fourth-order valence-electron chi connectivity index (χ4n) is 1.15. The standard InChI is InChI=1S/C12H17NOS/c1-3-9(2)8-14-11-7-5-4-6-10(11)12(13)15/h4-7,9H,3,8H2,1-2H3,(H2,13,15). The highest BCUT2D eigenvalue weighted by molar-refractivity contribution is 7.80. The minimum absolute atomic E-state index is 0.384. The lowest BCUT2D eigenvalue weighted by Gasteiger charge is -2.13. The number of thiocarbonyl (C=S) groups is 1. The van der Waals surface area contributed by atoms with E-state index in [1.807, 2.05) is 24.3 Å². The second kappa shape index (κ2) is 5.71. The highest BCUT2D eigenvalue weighted by Gasteiger charge is 2.06. The van der Waals surface area contributed by atoms with Crippen molar-refractivity contribution in [2.24, 2.45) is 11.7 Å². The van der Waals surface area contributed by atoms with Gasteiger partial charge in [-0.25, -0.2) is 0 Å². The van der Waals surface area contributed by atoms with Gasteiger partial charge in [-0.2, -0.15) is 0 Å². The summed E-state index contributed by atoms with van der Waals surface area (Å²) in [6.07, 6.45) is 1.11. The molecule has 1 rings (SSSR count). The van der Waals surface area contributed by atoms with Gasteiger partial charge in [-0.15, -0.1) is 0 Å². The molecule has 2 N–H and O–H groups in total. The van der Waals surface area contributed by atoms with E-state index in [9.17, 15) is 0 Å². The zero-order valence-electron chi connectivity index (χ0n) is 9.19. The van der Waals surface area contributed by atoms with Crippen LogP contribution < -0.4 is 10.5 Å². The molecule has 0 heterocycles. The van der Waals surface area contributed by atoms with Crippen molar-refractivity contribution in [1.82, 2.24) is 0 Å². The van der Waals surface area contributed by atoms with Gasteiger partial charge in [0.1, 0.15) is 10.7 Å². The van der Waals surface area contributed by atoms with E-state index in [2.05, 4.69) is 13.8 Å². The lowest BCUT2D eigenvalue weighted by Crippen LogP contribution is -2.14. The first-order valence-electron chi connectivity index (χ1n) is 5.16. The Balaban J connectivity index is 2.72. The van der Waals surface area contributed by atoms with Crippen molar-refractivity contribution in [3.05, 3.63) is 29.8 Å². The van der Waals surface area contributed by atoms with Crippen molar-refractivity contribution in [3.63, 3.8) is 0 Å². The van der Waals surface area contributed by atoms with Gasteiger partial charge in [-0.05, 0) is 18.1 Å². The molecule has 0 spiro atoms.